The number of aryl methyl sites for hydroxylation is 4. The molecule has 2 heterocycles. The highest BCUT2D eigenvalue weighted by molar-refractivity contribution is 6.15. The van der Waals surface area contributed by atoms with Crippen LogP contribution < -0.4 is 0 Å². The minimum Gasteiger partial charge on any atom is -0.308 e. The molecule has 234 valence electrons. The van der Waals surface area contributed by atoms with Crippen LogP contribution in [0.1, 0.15) is 33.4 Å². The highest BCUT2D eigenvalue weighted by Crippen LogP contribution is 2.47. The van der Waals surface area contributed by atoms with Crippen molar-refractivity contribution in [3.05, 3.63) is 143 Å². The van der Waals surface area contributed by atoms with Crippen molar-refractivity contribution < 1.29 is 13.2 Å². The van der Waals surface area contributed by atoms with Gasteiger partial charge >= 0.3 is 6.18 Å². The molecule has 2 aromatic heterocycles. The van der Waals surface area contributed by atoms with E-state index in [-0.39, 0.29) is 5.56 Å². The zero-order valence-corrected chi connectivity index (χ0v) is 26.9. The van der Waals surface area contributed by atoms with E-state index in [2.05, 4.69) is 58.0 Å². The van der Waals surface area contributed by atoms with Gasteiger partial charge in [-0.1, -0.05) is 66.7 Å². The lowest BCUT2D eigenvalue weighted by Gasteiger charge is -2.23. The van der Waals surface area contributed by atoms with Gasteiger partial charge in [-0.25, -0.2) is 0 Å². The van der Waals surface area contributed by atoms with Crippen LogP contribution in [-0.2, 0) is 6.18 Å². The number of aromatic nitrogens is 2. The summed E-state index contributed by atoms with van der Waals surface area (Å²) in [4.78, 5) is 0. The van der Waals surface area contributed by atoms with Crippen LogP contribution in [0.25, 0.3) is 66.1 Å². The lowest BCUT2D eigenvalue weighted by molar-refractivity contribution is -0.137. The smallest absolute Gasteiger partial charge is 0.308 e. The van der Waals surface area contributed by atoms with Crippen molar-refractivity contribution in [1.82, 2.24) is 9.13 Å². The SMILES string of the molecule is Cc1cccc2c1c1c(C)cccc1n2-c1cc(C#N)cc(-n2c3cccc(C)c3c3c(C)cccc32)c1-c1ccccc1C(F)(F)F. The maximum Gasteiger partial charge on any atom is 0.417 e. The van der Waals surface area contributed by atoms with Crippen LogP contribution in [0.4, 0.5) is 13.2 Å². The van der Waals surface area contributed by atoms with E-state index in [1.165, 1.54) is 6.07 Å². The van der Waals surface area contributed by atoms with Gasteiger partial charge in [0.2, 0.25) is 0 Å². The van der Waals surface area contributed by atoms with Crippen molar-refractivity contribution in [2.24, 2.45) is 0 Å². The van der Waals surface area contributed by atoms with E-state index in [4.69, 9.17) is 0 Å². The summed E-state index contributed by atoms with van der Waals surface area (Å²) >= 11 is 0. The van der Waals surface area contributed by atoms with Crippen LogP contribution in [0.15, 0.2) is 109 Å². The number of fused-ring (bicyclic) bond motifs is 6. The molecule has 8 rings (SSSR count). The molecule has 0 radical (unpaired) electrons. The van der Waals surface area contributed by atoms with Gasteiger partial charge in [0.1, 0.15) is 0 Å². The number of hydrogen-bond donors (Lipinski definition) is 0. The van der Waals surface area contributed by atoms with E-state index >= 15 is 0 Å². The Hall–Kier alpha value is -5.80. The lowest BCUT2D eigenvalue weighted by Crippen LogP contribution is -2.11. The highest BCUT2D eigenvalue weighted by atomic mass is 19.4. The second kappa shape index (κ2) is 10.6. The molecule has 8 aromatic rings. The predicted molar refractivity (Wildman–Crippen MR) is 189 cm³/mol. The summed E-state index contributed by atoms with van der Waals surface area (Å²) < 4.78 is 49.0. The van der Waals surface area contributed by atoms with Gasteiger partial charge in [0.25, 0.3) is 0 Å². The number of alkyl halides is 3. The minimum absolute atomic E-state index is 0.0464. The Morgan fingerprint density at radius 2 is 0.896 bits per heavy atom. The summed E-state index contributed by atoms with van der Waals surface area (Å²) in [5.41, 5.74) is 8.76. The minimum atomic E-state index is -4.62. The van der Waals surface area contributed by atoms with E-state index in [0.29, 0.717) is 22.5 Å². The Bertz CT molecular complexity index is 2400. The van der Waals surface area contributed by atoms with Gasteiger partial charge in [0.15, 0.2) is 0 Å². The number of rotatable bonds is 3. The maximum absolute atomic E-state index is 15.0. The molecule has 0 unspecified atom stereocenters. The monoisotopic (exact) mass is 633 g/mol. The molecule has 3 nitrogen and oxygen atoms in total. The van der Waals surface area contributed by atoms with Crippen molar-refractivity contribution in [2.75, 3.05) is 0 Å². The molecule has 0 amide bonds. The molecule has 0 aliphatic carbocycles. The second-order valence-electron chi connectivity index (χ2n) is 12.6. The molecule has 0 fully saturated rings. The molecule has 6 aromatic carbocycles. The topological polar surface area (TPSA) is 33.6 Å². The van der Waals surface area contributed by atoms with Crippen LogP contribution in [-0.4, -0.2) is 9.13 Å². The molecule has 0 spiro atoms. The average Bonchev–Trinajstić information content (AvgIpc) is 3.60. The third-order valence-electron chi connectivity index (χ3n) is 9.68. The van der Waals surface area contributed by atoms with Crippen molar-refractivity contribution >= 4 is 43.6 Å². The van der Waals surface area contributed by atoms with Gasteiger partial charge in [-0.3, -0.25) is 0 Å². The Balaban J connectivity index is 1.66. The first-order valence-electron chi connectivity index (χ1n) is 15.8. The van der Waals surface area contributed by atoms with Crippen LogP contribution >= 0.6 is 0 Å². The fraction of sp³-hybridized carbons (Fsp3) is 0.119. The van der Waals surface area contributed by atoms with Crippen molar-refractivity contribution in [3.8, 4) is 28.6 Å². The third kappa shape index (κ3) is 4.21. The summed E-state index contributed by atoms with van der Waals surface area (Å²) in [5.74, 6) is 0. The van der Waals surface area contributed by atoms with Crippen molar-refractivity contribution in [3.63, 3.8) is 0 Å². The summed E-state index contributed by atoms with van der Waals surface area (Å²) in [6.07, 6.45) is -4.62. The molecular formula is C42H30F3N3. The number of nitriles is 1. The first-order valence-corrected chi connectivity index (χ1v) is 15.8. The fourth-order valence-corrected chi connectivity index (χ4v) is 7.69. The highest BCUT2D eigenvalue weighted by Gasteiger charge is 2.35. The zero-order valence-electron chi connectivity index (χ0n) is 26.9. The summed E-state index contributed by atoms with van der Waals surface area (Å²) in [6, 6.07) is 35.7. The molecule has 0 aliphatic rings. The molecule has 0 bridgehead atoms. The molecule has 0 aliphatic heterocycles. The quantitative estimate of drug-likeness (QED) is 0.191. The summed E-state index contributed by atoms with van der Waals surface area (Å²) in [6.45, 7) is 8.22. The predicted octanol–water partition coefficient (Wildman–Crippen LogP) is 11.7. The van der Waals surface area contributed by atoms with Crippen LogP contribution in [0, 0.1) is 39.0 Å². The van der Waals surface area contributed by atoms with Crippen LogP contribution in [0.2, 0.25) is 0 Å². The van der Waals surface area contributed by atoms with E-state index in [0.717, 1.165) is 71.9 Å². The summed E-state index contributed by atoms with van der Waals surface area (Å²) in [7, 11) is 0. The molecule has 6 heteroatoms. The first-order chi connectivity index (χ1) is 23.1. The molecule has 48 heavy (non-hydrogen) atoms. The molecular weight excluding hydrogens is 603 g/mol. The molecule has 0 N–H and O–H groups in total. The normalized spacial score (nSPS) is 12.0. The zero-order chi connectivity index (χ0) is 33.5. The molecule has 0 atom stereocenters. The summed E-state index contributed by atoms with van der Waals surface area (Å²) in [5, 5.41) is 14.6. The standard InChI is InChI=1S/C42H30F3N3/c1-24-11-7-17-31-37(24)38-25(2)12-8-18-32(38)47(31)35-21-28(23-46)22-36(41(35)29-15-5-6-16-30(29)42(43,44)45)48-33-19-9-13-26(3)39(33)40-27(4)14-10-20-34(40)48/h5-22H,1-4H3. The number of nitrogens with zero attached hydrogens (tertiary/aromatic N) is 3. The maximum atomic E-state index is 15.0. The van der Waals surface area contributed by atoms with Gasteiger partial charge < -0.3 is 9.13 Å². The van der Waals surface area contributed by atoms with Crippen molar-refractivity contribution in [2.45, 2.75) is 33.9 Å². The Morgan fingerprint density at radius 3 is 1.25 bits per heavy atom. The van der Waals surface area contributed by atoms with Crippen molar-refractivity contribution in [1.29, 1.82) is 5.26 Å². The molecule has 0 saturated carbocycles. The second-order valence-corrected chi connectivity index (χ2v) is 12.6. The van der Waals surface area contributed by atoms with E-state index in [9.17, 15) is 18.4 Å². The largest absolute Gasteiger partial charge is 0.417 e. The van der Waals surface area contributed by atoms with Gasteiger partial charge in [0.05, 0.1) is 50.6 Å². The van der Waals surface area contributed by atoms with E-state index in [1.807, 2.05) is 57.7 Å². The van der Waals surface area contributed by atoms with Gasteiger partial charge in [-0.2, -0.15) is 18.4 Å². The van der Waals surface area contributed by atoms with Gasteiger partial charge in [0, 0.05) is 27.1 Å². The fourth-order valence-electron chi connectivity index (χ4n) is 7.69. The Kier molecular flexibility index (Phi) is 6.54. The van der Waals surface area contributed by atoms with E-state index in [1.54, 1.807) is 24.3 Å². The first kappa shape index (κ1) is 29.6. The van der Waals surface area contributed by atoms with E-state index < -0.39 is 11.7 Å². The van der Waals surface area contributed by atoms with Gasteiger partial charge in [-0.05, 0) is 98.0 Å². The van der Waals surface area contributed by atoms with Crippen LogP contribution in [0.5, 0.6) is 0 Å². The Labute approximate surface area is 275 Å². The Morgan fingerprint density at radius 1 is 0.521 bits per heavy atom. The average molecular weight is 634 g/mol. The molecule has 0 saturated heterocycles. The van der Waals surface area contributed by atoms with Gasteiger partial charge in [-0.15, -0.1) is 0 Å². The number of hydrogen-bond acceptors (Lipinski definition) is 1. The number of benzene rings is 6. The third-order valence-corrected chi connectivity index (χ3v) is 9.68. The van der Waals surface area contributed by atoms with Crippen LogP contribution in [0.3, 0.4) is 0 Å². The lowest BCUT2D eigenvalue weighted by atomic mass is 9.94. The number of halogens is 3.